The number of rotatable bonds is 2. The lowest BCUT2D eigenvalue weighted by Crippen LogP contribution is -2.01. The second-order valence-electron chi connectivity index (χ2n) is 5.02. The average Bonchev–Trinajstić information content (AvgIpc) is 2.24. The Bertz CT molecular complexity index is 476. The van der Waals surface area contributed by atoms with Crippen LogP contribution in [-0.4, -0.2) is 5.78 Å². The zero-order chi connectivity index (χ0) is 12.9. The van der Waals surface area contributed by atoms with Gasteiger partial charge in [-0.05, 0) is 39.3 Å². The molecule has 0 atom stereocenters. The molecule has 0 amide bonds. The highest BCUT2D eigenvalue weighted by molar-refractivity contribution is 6.02. The van der Waals surface area contributed by atoms with E-state index < -0.39 is 0 Å². The first kappa shape index (κ1) is 13.3. The van der Waals surface area contributed by atoms with Crippen LogP contribution in [0, 0.1) is 17.3 Å². The van der Waals surface area contributed by atoms with Gasteiger partial charge in [0.1, 0.15) is 0 Å². The highest BCUT2D eigenvalue weighted by Gasteiger charge is 2.05. The summed E-state index contributed by atoms with van der Waals surface area (Å²) in [6.07, 6.45) is 1.83. The van der Waals surface area contributed by atoms with E-state index in [9.17, 15) is 4.79 Å². The normalized spacial score (nSPS) is 11.6. The van der Waals surface area contributed by atoms with E-state index in [2.05, 4.69) is 11.8 Å². The summed E-state index contributed by atoms with van der Waals surface area (Å²) < 4.78 is 0. The van der Waals surface area contributed by atoms with E-state index >= 15 is 0 Å². The fourth-order valence-electron chi connectivity index (χ4n) is 1.20. The number of allylic oxidation sites excluding steroid dienone is 1. The van der Waals surface area contributed by atoms with Crippen molar-refractivity contribution in [3.8, 4) is 11.8 Å². The van der Waals surface area contributed by atoms with Gasteiger partial charge in [0.2, 0.25) is 0 Å². The average molecular weight is 226 g/mol. The van der Waals surface area contributed by atoms with Crippen molar-refractivity contribution in [2.24, 2.45) is 5.41 Å². The zero-order valence-electron chi connectivity index (χ0n) is 10.9. The number of Topliss-reactive ketones (excluding diaryl/α,β-unsaturated/α-hetero) is 1. The van der Waals surface area contributed by atoms with Crippen LogP contribution >= 0.6 is 0 Å². The van der Waals surface area contributed by atoms with Crippen LogP contribution in [-0.2, 0) is 4.79 Å². The molecule has 0 saturated heterocycles. The van der Waals surface area contributed by atoms with E-state index in [1.165, 1.54) is 0 Å². The Morgan fingerprint density at radius 3 is 2.24 bits per heavy atom. The molecule has 0 fully saturated rings. The minimum Gasteiger partial charge on any atom is -0.294 e. The molecule has 0 aliphatic rings. The van der Waals surface area contributed by atoms with Gasteiger partial charge in [0.25, 0.3) is 0 Å². The van der Waals surface area contributed by atoms with E-state index in [4.69, 9.17) is 0 Å². The zero-order valence-corrected chi connectivity index (χ0v) is 10.9. The summed E-state index contributed by atoms with van der Waals surface area (Å²) in [5, 5.41) is 0. The van der Waals surface area contributed by atoms with Crippen LogP contribution in [0.4, 0.5) is 0 Å². The molecule has 1 aromatic rings. The van der Waals surface area contributed by atoms with Crippen molar-refractivity contribution in [3.63, 3.8) is 0 Å². The van der Waals surface area contributed by atoms with Gasteiger partial charge in [-0.25, -0.2) is 0 Å². The van der Waals surface area contributed by atoms with Crippen LogP contribution in [0.1, 0.15) is 33.3 Å². The predicted octanol–water partition coefficient (Wildman–Crippen LogP) is 3.71. The summed E-state index contributed by atoms with van der Waals surface area (Å²) in [7, 11) is 0. The van der Waals surface area contributed by atoms with Crippen molar-refractivity contribution in [1.82, 2.24) is 0 Å². The fraction of sp³-hybridized carbons (Fsp3) is 0.312. The van der Waals surface area contributed by atoms with E-state index in [1.54, 1.807) is 6.92 Å². The van der Waals surface area contributed by atoms with Crippen molar-refractivity contribution in [2.75, 3.05) is 0 Å². The summed E-state index contributed by atoms with van der Waals surface area (Å²) in [5.41, 5.74) is 1.47. The molecule has 0 radical (unpaired) electrons. The van der Waals surface area contributed by atoms with Crippen LogP contribution in [0.5, 0.6) is 0 Å². The Morgan fingerprint density at radius 2 is 1.76 bits per heavy atom. The number of hydrogen-bond acceptors (Lipinski definition) is 1. The lowest BCUT2D eigenvalue weighted by Gasteiger charge is -2.07. The Labute approximate surface area is 104 Å². The van der Waals surface area contributed by atoms with Gasteiger partial charge >= 0.3 is 0 Å². The quantitative estimate of drug-likeness (QED) is 0.555. The Kier molecular flexibility index (Phi) is 4.29. The van der Waals surface area contributed by atoms with Gasteiger partial charge in [-0.3, -0.25) is 4.79 Å². The van der Waals surface area contributed by atoms with Gasteiger partial charge < -0.3 is 0 Å². The Hall–Kier alpha value is -1.81. The topological polar surface area (TPSA) is 17.1 Å². The maximum Gasteiger partial charge on any atom is 0.168 e. The molecule has 0 saturated carbocycles. The van der Waals surface area contributed by atoms with E-state index in [-0.39, 0.29) is 11.2 Å². The highest BCUT2D eigenvalue weighted by atomic mass is 16.1. The number of carbonyl (C=O) groups excluding carboxylic acids is 1. The molecule has 1 nitrogen and oxygen atoms in total. The highest BCUT2D eigenvalue weighted by Crippen LogP contribution is 2.12. The summed E-state index contributed by atoms with van der Waals surface area (Å²) in [6, 6.07) is 9.76. The van der Waals surface area contributed by atoms with Gasteiger partial charge in [-0.2, -0.15) is 0 Å². The molecule has 0 aromatic heterocycles. The van der Waals surface area contributed by atoms with E-state index in [0.717, 1.165) is 5.56 Å². The van der Waals surface area contributed by atoms with E-state index in [1.807, 2.05) is 57.2 Å². The number of ketones is 1. The lowest BCUT2D eigenvalue weighted by molar-refractivity contribution is -0.113. The third kappa shape index (κ3) is 5.17. The molecule has 0 heterocycles. The third-order valence-electron chi connectivity index (χ3n) is 2.06. The van der Waals surface area contributed by atoms with Gasteiger partial charge in [-0.15, -0.1) is 0 Å². The minimum atomic E-state index is -0.0920. The standard InChI is InChI=1S/C16H18O/c1-13(17)15(10-11-16(2,3)4)12-14-8-6-5-7-9-14/h5-9,12H,1-4H3/b15-12+. The summed E-state index contributed by atoms with van der Waals surface area (Å²) in [4.78, 5) is 11.5. The molecule has 1 aromatic carbocycles. The molecule has 0 aliphatic carbocycles. The molecule has 1 rings (SSSR count). The first-order valence-electron chi connectivity index (χ1n) is 5.69. The predicted molar refractivity (Wildman–Crippen MR) is 72.3 cm³/mol. The van der Waals surface area contributed by atoms with Crippen molar-refractivity contribution in [3.05, 3.63) is 41.5 Å². The maximum absolute atomic E-state index is 11.5. The molecule has 0 bridgehead atoms. The SMILES string of the molecule is CC(=O)/C(C#CC(C)(C)C)=C/c1ccccc1. The Balaban J connectivity index is 3.06. The summed E-state index contributed by atoms with van der Waals surface area (Å²) in [5.74, 6) is 6.06. The van der Waals surface area contributed by atoms with Crippen LogP contribution in [0.25, 0.3) is 6.08 Å². The minimum absolute atomic E-state index is 0.00519. The molecule has 0 unspecified atom stereocenters. The van der Waals surface area contributed by atoms with Gasteiger partial charge in [-0.1, -0.05) is 42.2 Å². The molecule has 88 valence electrons. The van der Waals surface area contributed by atoms with Gasteiger partial charge in [0.05, 0.1) is 5.57 Å². The first-order chi connectivity index (χ1) is 7.88. The van der Waals surface area contributed by atoms with Gasteiger partial charge in [0.15, 0.2) is 5.78 Å². The molecular weight excluding hydrogens is 208 g/mol. The molecular formula is C16H18O. The van der Waals surface area contributed by atoms with Gasteiger partial charge in [0, 0.05) is 5.41 Å². The number of carbonyl (C=O) groups is 1. The van der Waals surface area contributed by atoms with Crippen LogP contribution < -0.4 is 0 Å². The maximum atomic E-state index is 11.5. The molecule has 17 heavy (non-hydrogen) atoms. The van der Waals surface area contributed by atoms with Crippen LogP contribution in [0.2, 0.25) is 0 Å². The smallest absolute Gasteiger partial charge is 0.168 e. The van der Waals surface area contributed by atoms with Crippen molar-refractivity contribution >= 4 is 11.9 Å². The second kappa shape index (κ2) is 5.50. The van der Waals surface area contributed by atoms with E-state index in [0.29, 0.717) is 5.57 Å². The Morgan fingerprint density at radius 1 is 1.18 bits per heavy atom. The molecule has 0 spiro atoms. The largest absolute Gasteiger partial charge is 0.294 e. The fourth-order valence-corrected chi connectivity index (χ4v) is 1.20. The van der Waals surface area contributed by atoms with Crippen molar-refractivity contribution in [2.45, 2.75) is 27.7 Å². The number of benzene rings is 1. The molecule has 1 heteroatoms. The van der Waals surface area contributed by atoms with Crippen molar-refractivity contribution in [1.29, 1.82) is 0 Å². The molecule has 0 N–H and O–H groups in total. The van der Waals surface area contributed by atoms with Crippen LogP contribution in [0.3, 0.4) is 0 Å². The number of hydrogen-bond donors (Lipinski definition) is 0. The second-order valence-corrected chi connectivity index (χ2v) is 5.02. The lowest BCUT2D eigenvalue weighted by atomic mass is 9.96. The van der Waals surface area contributed by atoms with Crippen LogP contribution in [0.15, 0.2) is 35.9 Å². The third-order valence-corrected chi connectivity index (χ3v) is 2.06. The van der Waals surface area contributed by atoms with Crippen molar-refractivity contribution < 1.29 is 4.79 Å². The monoisotopic (exact) mass is 226 g/mol. The molecule has 0 aliphatic heterocycles. The summed E-state index contributed by atoms with van der Waals surface area (Å²) in [6.45, 7) is 7.63. The first-order valence-corrected chi connectivity index (χ1v) is 5.69. The summed E-state index contributed by atoms with van der Waals surface area (Å²) >= 11 is 0.